The van der Waals surface area contributed by atoms with Crippen molar-refractivity contribution in [2.45, 2.75) is 0 Å². The molecule has 2 aromatic carbocycles. The molecule has 0 fully saturated rings. The van der Waals surface area contributed by atoms with Crippen LogP contribution in [0.5, 0.6) is 0 Å². The summed E-state index contributed by atoms with van der Waals surface area (Å²) in [5.74, 6) is -0.358. The third-order valence-electron chi connectivity index (χ3n) is 2.74. The Hall–Kier alpha value is -2.55. The number of rotatable bonds is 3. The fourth-order valence-corrected chi connectivity index (χ4v) is 1.75. The van der Waals surface area contributed by atoms with Gasteiger partial charge in [-0.15, -0.1) is 0 Å². The van der Waals surface area contributed by atoms with Crippen LogP contribution in [-0.2, 0) is 9.53 Å². The number of carbonyl (C=O) groups is 1. The minimum atomic E-state index is -0.358. The first-order chi connectivity index (χ1) is 9.20. The lowest BCUT2D eigenvalue weighted by molar-refractivity contribution is -0.133. The fourth-order valence-electron chi connectivity index (χ4n) is 1.75. The summed E-state index contributed by atoms with van der Waals surface area (Å²) in [5.41, 5.74) is 8.58. The molecule has 96 valence electrons. The quantitative estimate of drug-likeness (QED) is 0.396. The highest BCUT2D eigenvalue weighted by molar-refractivity contribution is 6.21. The lowest BCUT2D eigenvalue weighted by atomic mass is 10.0. The molecule has 0 radical (unpaired) electrons. The van der Waals surface area contributed by atoms with Crippen molar-refractivity contribution >= 4 is 23.3 Å². The summed E-state index contributed by atoms with van der Waals surface area (Å²) >= 11 is 0. The number of nitrogen functional groups attached to an aromatic ring is 1. The van der Waals surface area contributed by atoms with Gasteiger partial charge >= 0.3 is 5.97 Å². The van der Waals surface area contributed by atoms with Crippen molar-refractivity contribution in [3.8, 4) is 0 Å². The van der Waals surface area contributed by atoms with Gasteiger partial charge in [0.1, 0.15) is 0 Å². The molecule has 3 heteroatoms. The zero-order chi connectivity index (χ0) is 13.7. The summed E-state index contributed by atoms with van der Waals surface area (Å²) in [4.78, 5) is 11.9. The van der Waals surface area contributed by atoms with Gasteiger partial charge in [-0.25, -0.2) is 4.79 Å². The van der Waals surface area contributed by atoms with Crippen LogP contribution >= 0.6 is 0 Å². The molecule has 0 heterocycles. The first-order valence-corrected chi connectivity index (χ1v) is 5.91. The van der Waals surface area contributed by atoms with E-state index in [4.69, 9.17) is 10.5 Å². The average Bonchev–Trinajstić information content (AvgIpc) is 2.47. The van der Waals surface area contributed by atoms with Crippen molar-refractivity contribution in [2.75, 3.05) is 12.8 Å². The zero-order valence-corrected chi connectivity index (χ0v) is 10.7. The van der Waals surface area contributed by atoms with Gasteiger partial charge in [0, 0.05) is 5.69 Å². The van der Waals surface area contributed by atoms with E-state index in [2.05, 4.69) is 0 Å². The van der Waals surface area contributed by atoms with Crippen LogP contribution in [0.3, 0.4) is 0 Å². The second-order valence-corrected chi connectivity index (χ2v) is 4.08. The maximum absolute atomic E-state index is 11.9. The van der Waals surface area contributed by atoms with Crippen molar-refractivity contribution in [2.24, 2.45) is 0 Å². The number of anilines is 1. The number of esters is 1. The van der Waals surface area contributed by atoms with Gasteiger partial charge in [0.25, 0.3) is 0 Å². The van der Waals surface area contributed by atoms with Crippen molar-refractivity contribution in [3.63, 3.8) is 0 Å². The van der Waals surface area contributed by atoms with E-state index in [1.165, 1.54) is 7.11 Å². The Morgan fingerprint density at radius 2 is 1.68 bits per heavy atom. The van der Waals surface area contributed by atoms with E-state index in [1.807, 2.05) is 42.5 Å². The van der Waals surface area contributed by atoms with Gasteiger partial charge < -0.3 is 10.5 Å². The molecule has 19 heavy (non-hydrogen) atoms. The zero-order valence-electron chi connectivity index (χ0n) is 10.7. The molecule has 3 nitrogen and oxygen atoms in total. The van der Waals surface area contributed by atoms with E-state index in [0.717, 1.165) is 11.1 Å². The first-order valence-electron chi connectivity index (χ1n) is 5.91. The minimum absolute atomic E-state index is 0.358. The summed E-state index contributed by atoms with van der Waals surface area (Å²) in [5, 5.41) is 0. The lowest BCUT2D eigenvalue weighted by Crippen LogP contribution is -2.03. The Bertz CT molecular complexity index is 586. The average molecular weight is 253 g/mol. The van der Waals surface area contributed by atoms with Crippen LogP contribution in [-0.4, -0.2) is 13.1 Å². The molecule has 0 atom stereocenters. The summed E-state index contributed by atoms with van der Waals surface area (Å²) < 4.78 is 4.83. The van der Waals surface area contributed by atoms with Gasteiger partial charge in [-0.05, 0) is 29.3 Å². The molecule has 0 bridgehead atoms. The van der Waals surface area contributed by atoms with E-state index in [0.29, 0.717) is 11.3 Å². The van der Waals surface area contributed by atoms with Crippen LogP contribution in [0.4, 0.5) is 5.69 Å². The molecule has 0 unspecified atom stereocenters. The molecule has 2 aromatic rings. The van der Waals surface area contributed by atoms with Crippen molar-refractivity contribution in [1.82, 2.24) is 0 Å². The second-order valence-electron chi connectivity index (χ2n) is 4.08. The number of nitrogens with two attached hydrogens (primary N) is 1. The van der Waals surface area contributed by atoms with E-state index in [-0.39, 0.29) is 5.97 Å². The van der Waals surface area contributed by atoms with E-state index in [9.17, 15) is 4.79 Å². The lowest BCUT2D eigenvalue weighted by Gasteiger charge is -2.06. The van der Waals surface area contributed by atoms with Gasteiger partial charge in [-0.2, -0.15) is 0 Å². The highest BCUT2D eigenvalue weighted by Crippen LogP contribution is 2.20. The number of carbonyl (C=O) groups excluding carboxylic acids is 1. The van der Waals surface area contributed by atoms with Crippen molar-refractivity contribution < 1.29 is 9.53 Å². The van der Waals surface area contributed by atoms with Crippen molar-refractivity contribution in [1.29, 1.82) is 0 Å². The Balaban J connectivity index is 2.44. The monoisotopic (exact) mass is 253 g/mol. The highest BCUT2D eigenvalue weighted by Gasteiger charge is 2.11. The molecule has 0 spiro atoms. The first kappa shape index (κ1) is 12.9. The standard InChI is InChI=1S/C16H15NO2/c1-19-16(18)15(13-5-3-2-4-6-13)11-12-7-9-14(17)10-8-12/h2-11H,17H2,1H3. The maximum Gasteiger partial charge on any atom is 0.338 e. The van der Waals surface area contributed by atoms with Crippen LogP contribution in [0, 0.1) is 0 Å². The van der Waals surface area contributed by atoms with E-state index in [1.54, 1.807) is 18.2 Å². The molecule has 0 saturated heterocycles. The predicted molar refractivity (Wildman–Crippen MR) is 77.2 cm³/mol. The molecule has 0 aliphatic heterocycles. The Labute approximate surface area is 112 Å². The molecule has 0 aliphatic carbocycles. The van der Waals surface area contributed by atoms with Gasteiger partial charge in [0.2, 0.25) is 0 Å². The minimum Gasteiger partial charge on any atom is -0.465 e. The van der Waals surface area contributed by atoms with E-state index >= 15 is 0 Å². The SMILES string of the molecule is COC(=O)C(=Cc1ccc(N)cc1)c1ccccc1. The van der Waals surface area contributed by atoms with Crippen LogP contribution in [0.1, 0.15) is 11.1 Å². The summed E-state index contributed by atoms with van der Waals surface area (Å²) in [6.07, 6.45) is 1.79. The molecule has 2 rings (SSSR count). The normalized spacial score (nSPS) is 11.1. The van der Waals surface area contributed by atoms with Crippen LogP contribution in [0.25, 0.3) is 11.6 Å². The molecule has 0 amide bonds. The molecule has 0 aliphatic rings. The molecule has 0 aromatic heterocycles. The molecular weight excluding hydrogens is 238 g/mol. The van der Waals surface area contributed by atoms with Gasteiger partial charge in [0.05, 0.1) is 12.7 Å². The number of ether oxygens (including phenoxy) is 1. The van der Waals surface area contributed by atoms with Gasteiger partial charge in [-0.1, -0.05) is 42.5 Å². The maximum atomic E-state index is 11.9. The highest BCUT2D eigenvalue weighted by atomic mass is 16.5. The summed E-state index contributed by atoms with van der Waals surface area (Å²) in [7, 11) is 1.38. The van der Waals surface area contributed by atoms with Gasteiger partial charge in [0.15, 0.2) is 0 Å². The Morgan fingerprint density at radius 1 is 1.05 bits per heavy atom. The van der Waals surface area contributed by atoms with Crippen LogP contribution in [0.2, 0.25) is 0 Å². The smallest absolute Gasteiger partial charge is 0.338 e. The Kier molecular flexibility index (Phi) is 3.98. The van der Waals surface area contributed by atoms with E-state index < -0.39 is 0 Å². The summed E-state index contributed by atoms with van der Waals surface area (Å²) in [6.45, 7) is 0. The third-order valence-corrected chi connectivity index (χ3v) is 2.74. The molecule has 2 N–H and O–H groups in total. The number of benzene rings is 2. The largest absolute Gasteiger partial charge is 0.465 e. The number of methoxy groups -OCH3 is 1. The molecular formula is C16H15NO2. The van der Waals surface area contributed by atoms with Crippen LogP contribution in [0.15, 0.2) is 54.6 Å². The fraction of sp³-hybridized carbons (Fsp3) is 0.0625. The topological polar surface area (TPSA) is 52.3 Å². The number of hydrogen-bond acceptors (Lipinski definition) is 3. The second kappa shape index (κ2) is 5.87. The summed E-state index contributed by atoms with van der Waals surface area (Å²) in [6, 6.07) is 16.7. The van der Waals surface area contributed by atoms with Gasteiger partial charge in [-0.3, -0.25) is 0 Å². The predicted octanol–water partition coefficient (Wildman–Crippen LogP) is 2.98. The molecule has 0 saturated carbocycles. The van der Waals surface area contributed by atoms with Crippen molar-refractivity contribution in [3.05, 3.63) is 65.7 Å². The Morgan fingerprint density at radius 3 is 2.26 bits per heavy atom. The number of hydrogen-bond donors (Lipinski definition) is 1. The third kappa shape index (κ3) is 3.22. The van der Waals surface area contributed by atoms with Crippen LogP contribution < -0.4 is 5.73 Å².